The lowest BCUT2D eigenvalue weighted by molar-refractivity contribution is 0.0520. The maximum Gasteiger partial charge on any atom is 0.344 e. The van der Waals surface area contributed by atoms with E-state index < -0.39 is 45.3 Å². The first-order valence-electron chi connectivity index (χ1n) is 6.44. The molecule has 9 heteroatoms. The van der Waals surface area contributed by atoms with Gasteiger partial charge in [0, 0.05) is 7.11 Å². The van der Waals surface area contributed by atoms with Crippen LogP contribution in [-0.2, 0) is 9.47 Å². The summed E-state index contributed by atoms with van der Waals surface area (Å²) < 4.78 is 50.2. The van der Waals surface area contributed by atoms with Gasteiger partial charge in [-0.3, -0.25) is 4.79 Å². The number of aromatic nitrogens is 1. The van der Waals surface area contributed by atoms with Gasteiger partial charge < -0.3 is 14.5 Å². The van der Waals surface area contributed by atoms with Gasteiger partial charge in [0.05, 0.1) is 28.5 Å². The molecular weight excluding hydrogens is 335 g/mol. The molecule has 0 spiro atoms. The third-order valence-corrected chi connectivity index (χ3v) is 3.85. The highest BCUT2D eigenvalue weighted by atomic mass is 32.2. The lowest BCUT2D eigenvalue weighted by Gasteiger charge is -2.11. The quantitative estimate of drug-likeness (QED) is 0.390. The number of benzene rings is 1. The first kappa shape index (κ1) is 17.4. The van der Waals surface area contributed by atoms with Crippen LogP contribution in [0, 0.1) is 17.5 Å². The molecule has 0 amide bonds. The summed E-state index contributed by atoms with van der Waals surface area (Å²) in [5.41, 5.74) is -1.89. The molecular formula is C14H12F3NO4S. The smallest absolute Gasteiger partial charge is 0.344 e. The van der Waals surface area contributed by atoms with E-state index in [1.165, 1.54) is 7.11 Å². The van der Waals surface area contributed by atoms with Crippen LogP contribution in [0.1, 0.15) is 17.3 Å². The first-order chi connectivity index (χ1) is 10.9. The summed E-state index contributed by atoms with van der Waals surface area (Å²) in [6.07, 6.45) is 0. The van der Waals surface area contributed by atoms with Crippen LogP contribution in [0.15, 0.2) is 15.9 Å². The second kappa shape index (κ2) is 7.05. The van der Waals surface area contributed by atoms with Gasteiger partial charge >= 0.3 is 5.97 Å². The van der Waals surface area contributed by atoms with E-state index in [9.17, 15) is 22.8 Å². The van der Waals surface area contributed by atoms with Crippen molar-refractivity contribution < 1.29 is 27.4 Å². The number of ether oxygens (including phenoxy) is 2. The maximum atomic E-state index is 13.9. The molecule has 2 rings (SSSR count). The van der Waals surface area contributed by atoms with Gasteiger partial charge in [-0.25, -0.2) is 18.0 Å². The summed E-state index contributed by atoms with van der Waals surface area (Å²) in [6.45, 7) is 1.56. The van der Waals surface area contributed by atoms with Crippen molar-refractivity contribution in [1.29, 1.82) is 0 Å². The number of rotatable bonds is 5. The number of hydrogen-bond acceptors (Lipinski definition) is 5. The van der Waals surface area contributed by atoms with Crippen molar-refractivity contribution in [3.05, 3.63) is 39.3 Å². The highest BCUT2D eigenvalue weighted by molar-refractivity contribution is 7.99. The first-order valence-corrected chi connectivity index (χ1v) is 7.43. The zero-order valence-electron chi connectivity index (χ0n) is 12.2. The standard InChI is InChI=1S/C14H12F3NO4S/c1-3-22-14(20)8-12(19)6-4-7(15)9(16)10(17)11(6)18-13(8)23-5-21-2/h4H,3,5H2,1-2H3,(H,18,19). The second-order valence-electron chi connectivity index (χ2n) is 4.34. The summed E-state index contributed by atoms with van der Waals surface area (Å²) in [6, 6.07) is 0.542. The molecule has 1 heterocycles. The molecule has 124 valence electrons. The predicted octanol–water partition coefficient (Wildman–Crippen LogP) is 2.82. The van der Waals surface area contributed by atoms with E-state index in [2.05, 4.69) is 4.98 Å². The molecule has 0 aliphatic rings. The number of hydrogen-bond donors (Lipinski definition) is 1. The van der Waals surface area contributed by atoms with Gasteiger partial charge in [-0.05, 0) is 13.0 Å². The topological polar surface area (TPSA) is 68.4 Å². The minimum absolute atomic E-state index is 0.0107. The fourth-order valence-electron chi connectivity index (χ4n) is 1.92. The van der Waals surface area contributed by atoms with Crippen molar-refractivity contribution in [3.63, 3.8) is 0 Å². The van der Waals surface area contributed by atoms with Gasteiger partial charge in [-0.2, -0.15) is 0 Å². The number of halogens is 3. The van der Waals surface area contributed by atoms with E-state index in [-0.39, 0.29) is 17.6 Å². The summed E-state index contributed by atoms with van der Waals surface area (Å²) >= 11 is 0.888. The molecule has 1 aromatic carbocycles. The summed E-state index contributed by atoms with van der Waals surface area (Å²) in [5.74, 6) is -5.67. The van der Waals surface area contributed by atoms with Crippen molar-refractivity contribution >= 4 is 28.6 Å². The van der Waals surface area contributed by atoms with E-state index in [0.29, 0.717) is 6.07 Å². The number of pyridine rings is 1. The minimum Gasteiger partial charge on any atom is -0.462 e. The Bertz CT molecular complexity index is 822. The number of carbonyl (C=O) groups excluding carboxylic acids is 1. The molecule has 0 unspecified atom stereocenters. The zero-order valence-corrected chi connectivity index (χ0v) is 13.0. The van der Waals surface area contributed by atoms with Gasteiger partial charge in [-0.1, -0.05) is 11.8 Å². The van der Waals surface area contributed by atoms with Gasteiger partial charge in [0.15, 0.2) is 17.5 Å². The number of nitrogens with one attached hydrogen (secondary N) is 1. The van der Waals surface area contributed by atoms with Crippen LogP contribution in [0.4, 0.5) is 13.2 Å². The Morgan fingerprint density at radius 3 is 2.61 bits per heavy atom. The van der Waals surface area contributed by atoms with Crippen LogP contribution in [0.2, 0.25) is 0 Å². The van der Waals surface area contributed by atoms with Gasteiger partial charge in [0.1, 0.15) is 5.56 Å². The molecule has 23 heavy (non-hydrogen) atoms. The molecule has 0 saturated heterocycles. The predicted molar refractivity (Wildman–Crippen MR) is 78.1 cm³/mol. The van der Waals surface area contributed by atoms with Gasteiger partial charge in [0.2, 0.25) is 5.43 Å². The van der Waals surface area contributed by atoms with Crippen LogP contribution in [0.25, 0.3) is 10.9 Å². The number of thioether (sulfide) groups is 1. The van der Waals surface area contributed by atoms with E-state index in [1.54, 1.807) is 6.92 Å². The Kier molecular flexibility index (Phi) is 5.32. The van der Waals surface area contributed by atoms with Crippen LogP contribution < -0.4 is 5.43 Å². The Morgan fingerprint density at radius 2 is 2.00 bits per heavy atom. The van der Waals surface area contributed by atoms with Crippen molar-refractivity contribution in [3.8, 4) is 0 Å². The SMILES string of the molecule is CCOC(=O)c1c(SCOC)[nH]c2c(F)c(F)c(F)cc2c1=O. The molecule has 0 fully saturated rings. The van der Waals surface area contributed by atoms with Crippen molar-refractivity contribution in [2.24, 2.45) is 0 Å². The number of methoxy groups -OCH3 is 1. The number of aromatic amines is 1. The minimum atomic E-state index is -1.71. The number of H-pyrrole nitrogens is 1. The average Bonchev–Trinajstić information content (AvgIpc) is 2.52. The molecule has 0 radical (unpaired) electrons. The van der Waals surface area contributed by atoms with Gasteiger partial charge in [-0.15, -0.1) is 0 Å². The molecule has 0 saturated carbocycles. The summed E-state index contributed by atoms with van der Waals surface area (Å²) in [7, 11) is 1.38. The molecule has 1 N–H and O–H groups in total. The van der Waals surface area contributed by atoms with E-state index in [4.69, 9.17) is 9.47 Å². The molecule has 0 atom stereocenters. The lowest BCUT2D eigenvalue weighted by Crippen LogP contribution is -2.21. The number of fused-ring (bicyclic) bond motifs is 1. The van der Waals surface area contributed by atoms with E-state index >= 15 is 0 Å². The molecule has 2 aromatic rings. The van der Waals surface area contributed by atoms with E-state index in [1.807, 2.05) is 0 Å². The molecule has 0 aliphatic heterocycles. The largest absolute Gasteiger partial charge is 0.462 e. The summed E-state index contributed by atoms with van der Waals surface area (Å²) in [4.78, 5) is 26.8. The fourth-order valence-corrected chi connectivity index (χ4v) is 2.66. The zero-order chi connectivity index (χ0) is 17.1. The van der Waals surface area contributed by atoms with Gasteiger partial charge in [0.25, 0.3) is 0 Å². The van der Waals surface area contributed by atoms with Crippen molar-refractivity contribution in [2.75, 3.05) is 19.7 Å². The number of esters is 1. The third-order valence-electron chi connectivity index (χ3n) is 2.90. The lowest BCUT2D eigenvalue weighted by atomic mass is 10.1. The molecule has 0 bridgehead atoms. The third kappa shape index (κ3) is 3.20. The molecule has 0 aliphatic carbocycles. The van der Waals surface area contributed by atoms with Crippen LogP contribution in [0.5, 0.6) is 0 Å². The molecule has 5 nitrogen and oxygen atoms in total. The highest BCUT2D eigenvalue weighted by Gasteiger charge is 2.24. The Labute approximate surface area is 132 Å². The van der Waals surface area contributed by atoms with Crippen molar-refractivity contribution in [2.45, 2.75) is 11.9 Å². The van der Waals surface area contributed by atoms with Crippen LogP contribution >= 0.6 is 11.8 Å². The second-order valence-corrected chi connectivity index (χ2v) is 5.27. The highest BCUT2D eigenvalue weighted by Crippen LogP contribution is 2.25. The Morgan fingerprint density at radius 1 is 1.30 bits per heavy atom. The van der Waals surface area contributed by atoms with Crippen LogP contribution in [-0.4, -0.2) is 30.6 Å². The summed E-state index contributed by atoms with van der Waals surface area (Å²) in [5, 5.41) is -0.529. The fraction of sp³-hybridized carbons (Fsp3) is 0.286. The Balaban J connectivity index is 2.81. The van der Waals surface area contributed by atoms with Crippen LogP contribution in [0.3, 0.4) is 0 Å². The average molecular weight is 347 g/mol. The maximum absolute atomic E-state index is 13.9. The monoisotopic (exact) mass is 347 g/mol. The Hall–Kier alpha value is -2.00. The molecule has 1 aromatic heterocycles. The normalized spacial score (nSPS) is 11.0. The van der Waals surface area contributed by atoms with Crippen molar-refractivity contribution in [1.82, 2.24) is 4.98 Å². The van der Waals surface area contributed by atoms with E-state index in [0.717, 1.165) is 11.8 Å². The number of carbonyl (C=O) groups is 1.